The molecule has 0 aromatic heterocycles. The Balaban J connectivity index is 2.07. The van der Waals surface area contributed by atoms with Gasteiger partial charge in [-0.3, -0.25) is 13.9 Å². The third-order valence-corrected chi connectivity index (χ3v) is 8.41. The Morgan fingerprint density at radius 3 is 2.25 bits per heavy atom. The van der Waals surface area contributed by atoms with Crippen LogP contribution in [0.3, 0.4) is 0 Å². The van der Waals surface area contributed by atoms with Crippen LogP contribution >= 0.6 is 27.5 Å². The van der Waals surface area contributed by atoms with Crippen LogP contribution in [0.25, 0.3) is 0 Å². The van der Waals surface area contributed by atoms with E-state index in [2.05, 4.69) is 21.2 Å². The minimum absolute atomic E-state index is 0.108. The minimum Gasteiger partial charge on any atom is -0.354 e. The standard InChI is InChI=1S/C30H35BrClN3O4S/c1-21(2)18-33-30(37)28(17-23-10-6-5-7-11-23)34(19-24-12-8-13-25(31)16-24)29(36)20-35(40(4,38)39)27-15-9-14-26(32)22(27)3/h5-16,21,28H,17-20H2,1-4H3,(H,33,37)/t28-/m0/s1. The number of benzene rings is 3. The predicted molar refractivity (Wildman–Crippen MR) is 165 cm³/mol. The Bertz CT molecular complexity index is 1430. The van der Waals surface area contributed by atoms with Gasteiger partial charge in [-0.25, -0.2) is 8.42 Å². The summed E-state index contributed by atoms with van der Waals surface area (Å²) in [7, 11) is -3.87. The van der Waals surface area contributed by atoms with Crippen LogP contribution in [0.2, 0.25) is 5.02 Å². The van der Waals surface area contributed by atoms with Gasteiger partial charge in [0.1, 0.15) is 12.6 Å². The molecule has 7 nitrogen and oxygen atoms in total. The van der Waals surface area contributed by atoms with Crippen molar-refractivity contribution in [3.8, 4) is 0 Å². The van der Waals surface area contributed by atoms with Crippen molar-refractivity contribution in [2.75, 3.05) is 23.7 Å². The van der Waals surface area contributed by atoms with Crippen molar-refractivity contribution in [3.05, 3.63) is 99.0 Å². The zero-order valence-electron chi connectivity index (χ0n) is 23.1. The highest BCUT2D eigenvalue weighted by atomic mass is 79.9. The van der Waals surface area contributed by atoms with E-state index in [4.69, 9.17) is 11.6 Å². The molecule has 0 radical (unpaired) electrons. The highest BCUT2D eigenvalue weighted by Gasteiger charge is 2.33. The number of nitrogens with zero attached hydrogens (tertiary/aromatic N) is 2. The molecule has 3 aromatic carbocycles. The Kier molecular flexibility index (Phi) is 11.2. The zero-order valence-corrected chi connectivity index (χ0v) is 26.3. The van der Waals surface area contributed by atoms with Crippen LogP contribution in [0, 0.1) is 12.8 Å². The topological polar surface area (TPSA) is 86.8 Å². The molecular weight excluding hydrogens is 614 g/mol. The quantitative estimate of drug-likeness (QED) is 0.278. The van der Waals surface area contributed by atoms with Crippen molar-refractivity contribution >= 4 is 55.1 Å². The molecule has 40 heavy (non-hydrogen) atoms. The molecule has 0 aliphatic rings. The first kappa shape index (κ1) is 31.6. The molecule has 0 saturated heterocycles. The molecule has 2 amide bonds. The van der Waals surface area contributed by atoms with E-state index in [0.717, 1.165) is 26.2 Å². The SMILES string of the molecule is Cc1c(Cl)cccc1N(CC(=O)N(Cc1cccc(Br)c1)[C@@H](Cc1ccccc1)C(=O)NCC(C)C)S(C)(=O)=O. The van der Waals surface area contributed by atoms with E-state index in [1.807, 2.05) is 68.4 Å². The van der Waals surface area contributed by atoms with Crippen LogP contribution in [0.5, 0.6) is 0 Å². The third kappa shape index (κ3) is 8.81. The molecule has 214 valence electrons. The number of rotatable bonds is 12. The van der Waals surface area contributed by atoms with Crippen LogP contribution in [-0.4, -0.2) is 50.5 Å². The summed E-state index contributed by atoms with van der Waals surface area (Å²) in [5, 5.41) is 3.36. The summed E-state index contributed by atoms with van der Waals surface area (Å²) in [4.78, 5) is 29.2. The van der Waals surface area contributed by atoms with E-state index < -0.39 is 28.5 Å². The second kappa shape index (κ2) is 14.1. The maximum Gasteiger partial charge on any atom is 0.244 e. The fourth-order valence-electron chi connectivity index (χ4n) is 4.27. The lowest BCUT2D eigenvalue weighted by Crippen LogP contribution is -2.53. The first-order chi connectivity index (χ1) is 18.9. The molecule has 3 rings (SSSR count). The zero-order chi connectivity index (χ0) is 29.4. The third-order valence-electron chi connectivity index (χ3n) is 6.38. The lowest BCUT2D eigenvalue weighted by atomic mass is 10.0. The maximum absolute atomic E-state index is 14.1. The highest BCUT2D eigenvalue weighted by molar-refractivity contribution is 9.10. The van der Waals surface area contributed by atoms with Crippen molar-refractivity contribution in [3.63, 3.8) is 0 Å². The minimum atomic E-state index is -3.87. The number of nitrogens with one attached hydrogen (secondary N) is 1. The monoisotopic (exact) mass is 647 g/mol. The summed E-state index contributed by atoms with van der Waals surface area (Å²) < 4.78 is 27.8. The highest BCUT2D eigenvalue weighted by Crippen LogP contribution is 2.29. The summed E-state index contributed by atoms with van der Waals surface area (Å²) in [5.74, 6) is -0.599. The second-order valence-corrected chi connectivity index (χ2v) is 13.4. The maximum atomic E-state index is 14.1. The van der Waals surface area contributed by atoms with Crippen LogP contribution in [0.15, 0.2) is 77.3 Å². The first-order valence-electron chi connectivity index (χ1n) is 12.9. The molecule has 0 aliphatic heterocycles. The molecule has 0 aliphatic carbocycles. The van der Waals surface area contributed by atoms with Crippen molar-refractivity contribution in [2.24, 2.45) is 5.92 Å². The van der Waals surface area contributed by atoms with Crippen LogP contribution in [0.4, 0.5) is 5.69 Å². The van der Waals surface area contributed by atoms with E-state index in [-0.39, 0.29) is 24.8 Å². The van der Waals surface area contributed by atoms with Gasteiger partial charge < -0.3 is 10.2 Å². The molecule has 0 saturated carbocycles. The number of amides is 2. The molecule has 0 spiro atoms. The largest absolute Gasteiger partial charge is 0.354 e. The van der Waals surface area contributed by atoms with Gasteiger partial charge in [-0.2, -0.15) is 0 Å². The number of hydrogen-bond donors (Lipinski definition) is 1. The Morgan fingerprint density at radius 2 is 1.62 bits per heavy atom. The van der Waals surface area contributed by atoms with Gasteiger partial charge >= 0.3 is 0 Å². The summed E-state index contributed by atoms with van der Waals surface area (Å²) in [5.41, 5.74) is 2.53. The number of carbonyl (C=O) groups is 2. The Hall–Kier alpha value is -2.88. The van der Waals surface area contributed by atoms with Gasteiger partial charge in [0.05, 0.1) is 11.9 Å². The van der Waals surface area contributed by atoms with Crippen molar-refractivity contribution in [1.29, 1.82) is 0 Å². The number of hydrogen-bond acceptors (Lipinski definition) is 4. The van der Waals surface area contributed by atoms with Gasteiger partial charge in [0.15, 0.2) is 0 Å². The molecule has 10 heteroatoms. The average Bonchev–Trinajstić information content (AvgIpc) is 2.89. The molecule has 0 unspecified atom stereocenters. The van der Waals surface area contributed by atoms with Crippen molar-refractivity contribution < 1.29 is 18.0 Å². The molecular formula is C30H35BrClN3O4S. The molecule has 3 aromatic rings. The smallest absolute Gasteiger partial charge is 0.244 e. The number of anilines is 1. The number of halogens is 2. The fourth-order valence-corrected chi connectivity index (χ4v) is 5.79. The molecule has 0 bridgehead atoms. The van der Waals surface area contributed by atoms with Crippen molar-refractivity contribution in [1.82, 2.24) is 10.2 Å². The molecule has 1 atom stereocenters. The van der Waals surface area contributed by atoms with E-state index in [9.17, 15) is 18.0 Å². The second-order valence-electron chi connectivity index (χ2n) is 10.1. The lowest BCUT2D eigenvalue weighted by molar-refractivity contribution is -0.140. The molecule has 1 N–H and O–H groups in total. The Morgan fingerprint density at radius 1 is 0.975 bits per heavy atom. The van der Waals surface area contributed by atoms with E-state index in [1.165, 1.54) is 4.90 Å². The van der Waals surface area contributed by atoms with Crippen LogP contribution in [0.1, 0.15) is 30.5 Å². The van der Waals surface area contributed by atoms with E-state index in [0.29, 0.717) is 22.8 Å². The number of sulfonamides is 1. The van der Waals surface area contributed by atoms with Gasteiger partial charge in [-0.1, -0.05) is 89.9 Å². The summed E-state index contributed by atoms with van der Waals surface area (Å²) in [6.45, 7) is 5.76. The van der Waals surface area contributed by atoms with Gasteiger partial charge in [0, 0.05) is 29.0 Å². The normalized spacial score (nSPS) is 12.2. The summed E-state index contributed by atoms with van der Waals surface area (Å²) in [6.07, 6.45) is 1.32. The van der Waals surface area contributed by atoms with E-state index in [1.54, 1.807) is 25.1 Å². The van der Waals surface area contributed by atoms with Gasteiger partial charge in [0.25, 0.3) is 0 Å². The van der Waals surface area contributed by atoms with Gasteiger partial charge in [-0.05, 0) is 53.8 Å². The Labute approximate surface area is 250 Å². The van der Waals surface area contributed by atoms with Crippen molar-refractivity contribution in [2.45, 2.75) is 39.8 Å². The molecule has 0 heterocycles. The van der Waals surface area contributed by atoms with E-state index >= 15 is 0 Å². The lowest BCUT2D eigenvalue weighted by Gasteiger charge is -2.34. The number of carbonyl (C=O) groups excluding carboxylic acids is 2. The summed E-state index contributed by atoms with van der Waals surface area (Å²) in [6, 6.07) is 21.0. The van der Waals surface area contributed by atoms with Crippen LogP contribution in [-0.2, 0) is 32.6 Å². The van der Waals surface area contributed by atoms with Crippen LogP contribution < -0.4 is 9.62 Å². The fraction of sp³-hybridized carbons (Fsp3) is 0.333. The van der Waals surface area contributed by atoms with Gasteiger partial charge in [0.2, 0.25) is 21.8 Å². The first-order valence-corrected chi connectivity index (χ1v) is 16.0. The molecule has 0 fully saturated rings. The predicted octanol–water partition coefficient (Wildman–Crippen LogP) is 5.59. The average molecular weight is 649 g/mol. The summed E-state index contributed by atoms with van der Waals surface area (Å²) >= 11 is 9.78. The van der Waals surface area contributed by atoms with Gasteiger partial charge in [-0.15, -0.1) is 0 Å².